The molecule has 0 radical (unpaired) electrons. The van der Waals surface area contributed by atoms with E-state index in [4.69, 9.17) is 4.98 Å². The Labute approximate surface area is 286 Å². The minimum atomic E-state index is 0.866. The molecule has 0 aliphatic rings. The first-order valence-corrected chi connectivity index (χ1v) is 17.0. The Hall–Kier alpha value is -6.25. The number of para-hydroxylation sites is 2. The van der Waals surface area contributed by atoms with Crippen LogP contribution in [-0.2, 0) is 6.42 Å². The zero-order valence-corrected chi connectivity index (χ0v) is 27.3. The number of aryl methyl sites for hydroxylation is 1. The minimum absolute atomic E-state index is 0.866. The molecular formula is C47H34N2. The van der Waals surface area contributed by atoms with E-state index in [-0.39, 0.29) is 0 Å². The molecule has 1 aromatic heterocycles. The largest absolute Gasteiger partial charge is 0.296 e. The van der Waals surface area contributed by atoms with Gasteiger partial charge in [0.25, 0.3) is 0 Å². The van der Waals surface area contributed by atoms with Crippen LogP contribution in [-0.4, -0.2) is 9.55 Å². The molecule has 8 aromatic carbocycles. The molecule has 0 amide bonds. The minimum Gasteiger partial charge on any atom is -0.296 e. The average molecular weight is 627 g/mol. The monoisotopic (exact) mass is 626 g/mol. The highest BCUT2D eigenvalue weighted by Crippen LogP contribution is 2.45. The molecule has 0 fully saturated rings. The lowest BCUT2D eigenvalue weighted by Crippen LogP contribution is -2.00. The maximum atomic E-state index is 4.92. The van der Waals surface area contributed by atoms with Crippen LogP contribution in [0.5, 0.6) is 0 Å². The summed E-state index contributed by atoms with van der Waals surface area (Å²) in [4.78, 5) is 4.92. The van der Waals surface area contributed by atoms with Crippen LogP contribution in [0.3, 0.4) is 0 Å². The van der Waals surface area contributed by atoms with E-state index in [9.17, 15) is 0 Å². The molecule has 2 nitrogen and oxygen atoms in total. The van der Waals surface area contributed by atoms with E-state index >= 15 is 0 Å². The molecule has 0 spiro atoms. The molecule has 0 saturated carbocycles. The third-order valence-electron chi connectivity index (χ3n) is 9.73. The van der Waals surface area contributed by atoms with Crippen molar-refractivity contribution >= 4 is 32.6 Å². The molecule has 0 unspecified atom stereocenters. The van der Waals surface area contributed by atoms with Crippen molar-refractivity contribution in [2.75, 3.05) is 0 Å². The lowest BCUT2D eigenvalue weighted by Gasteiger charge is -2.19. The Morgan fingerprint density at radius 1 is 0.408 bits per heavy atom. The van der Waals surface area contributed by atoms with Gasteiger partial charge in [0.05, 0.1) is 11.0 Å². The molecule has 0 N–H and O–H groups in total. The molecular weight excluding hydrogens is 593 g/mol. The summed E-state index contributed by atoms with van der Waals surface area (Å²) in [6.45, 7) is 2.17. The standard InChI is InChI=1S/C47H34N2/c1-2-45-48-43-23-13-14-24-44(43)49(45)38-27-25-34(26-28-38)46-39-19-9-11-21-41(39)47(42-22-12-10-20-40(42)46)37-30-35(32-15-5-3-6-16-32)29-36(31-37)33-17-7-4-8-18-33/h3-31H,2H2,1H3. The van der Waals surface area contributed by atoms with Crippen molar-refractivity contribution in [3.8, 4) is 50.2 Å². The van der Waals surface area contributed by atoms with Crippen molar-refractivity contribution in [3.05, 3.63) is 182 Å². The average Bonchev–Trinajstić information content (AvgIpc) is 3.56. The molecule has 9 aromatic rings. The van der Waals surface area contributed by atoms with Crippen molar-refractivity contribution in [1.29, 1.82) is 0 Å². The SMILES string of the molecule is CCc1nc2ccccc2n1-c1ccc(-c2c3ccccc3c(-c3cc(-c4ccccc4)cc(-c4ccccc4)c3)c3ccccc23)cc1. The summed E-state index contributed by atoms with van der Waals surface area (Å²) in [6.07, 6.45) is 0.866. The van der Waals surface area contributed by atoms with E-state index in [1.807, 2.05) is 0 Å². The van der Waals surface area contributed by atoms with Gasteiger partial charge in [-0.05, 0) is 109 Å². The van der Waals surface area contributed by atoms with Gasteiger partial charge in [0.15, 0.2) is 0 Å². The third-order valence-corrected chi connectivity index (χ3v) is 9.73. The van der Waals surface area contributed by atoms with E-state index in [1.54, 1.807) is 0 Å². The number of benzene rings is 8. The van der Waals surface area contributed by atoms with Crippen LogP contribution in [0.2, 0.25) is 0 Å². The number of imidazole rings is 1. The summed E-state index contributed by atoms with van der Waals surface area (Å²) < 4.78 is 2.29. The summed E-state index contributed by atoms with van der Waals surface area (Å²) in [6, 6.07) is 63.8. The highest BCUT2D eigenvalue weighted by molar-refractivity contribution is 6.21. The topological polar surface area (TPSA) is 17.8 Å². The van der Waals surface area contributed by atoms with Gasteiger partial charge in [-0.1, -0.05) is 140 Å². The molecule has 2 heteroatoms. The quantitative estimate of drug-likeness (QED) is 0.168. The number of aromatic nitrogens is 2. The first-order valence-electron chi connectivity index (χ1n) is 17.0. The van der Waals surface area contributed by atoms with Gasteiger partial charge >= 0.3 is 0 Å². The number of hydrogen-bond acceptors (Lipinski definition) is 1. The molecule has 1 heterocycles. The van der Waals surface area contributed by atoms with Crippen LogP contribution >= 0.6 is 0 Å². The Bertz CT molecular complexity index is 2500. The summed E-state index contributed by atoms with van der Waals surface area (Å²) in [7, 11) is 0. The van der Waals surface area contributed by atoms with E-state index in [2.05, 4.69) is 187 Å². The Kier molecular flexibility index (Phi) is 7.13. The molecule has 0 atom stereocenters. The van der Waals surface area contributed by atoms with Gasteiger partial charge in [0.1, 0.15) is 5.82 Å². The Morgan fingerprint density at radius 2 is 0.857 bits per heavy atom. The van der Waals surface area contributed by atoms with Crippen LogP contribution < -0.4 is 0 Å². The summed E-state index contributed by atoms with van der Waals surface area (Å²) >= 11 is 0. The van der Waals surface area contributed by atoms with Gasteiger partial charge in [0.2, 0.25) is 0 Å². The predicted octanol–water partition coefficient (Wildman–Crippen LogP) is 12.6. The molecule has 232 valence electrons. The first kappa shape index (κ1) is 28.9. The van der Waals surface area contributed by atoms with E-state index in [0.717, 1.165) is 29.0 Å². The highest BCUT2D eigenvalue weighted by atomic mass is 15.1. The summed E-state index contributed by atoms with van der Waals surface area (Å²) in [5, 5.41) is 4.99. The molecule has 9 rings (SSSR count). The highest BCUT2D eigenvalue weighted by Gasteiger charge is 2.18. The number of rotatable bonds is 6. The lowest BCUT2D eigenvalue weighted by atomic mass is 9.84. The van der Waals surface area contributed by atoms with Gasteiger partial charge in [-0.2, -0.15) is 0 Å². The van der Waals surface area contributed by atoms with E-state index in [1.165, 1.54) is 66.1 Å². The van der Waals surface area contributed by atoms with Gasteiger partial charge in [-0.25, -0.2) is 4.98 Å². The number of nitrogens with zero attached hydrogens (tertiary/aromatic N) is 2. The lowest BCUT2D eigenvalue weighted by molar-refractivity contribution is 0.908. The normalized spacial score (nSPS) is 11.4. The third kappa shape index (κ3) is 5.01. The van der Waals surface area contributed by atoms with Gasteiger partial charge < -0.3 is 0 Å². The van der Waals surface area contributed by atoms with Crippen LogP contribution in [0.15, 0.2) is 176 Å². The van der Waals surface area contributed by atoms with E-state index < -0.39 is 0 Å². The molecule has 0 aliphatic carbocycles. The van der Waals surface area contributed by atoms with Gasteiger partial charge in [0, 0.05) is 12.1 Å². The Morgan fingerprint density at radius 3 is 1.39 bits per heavy atom. The van der Waals surface area contributed by atoms with Crippen molar-refractivity contribution in [2.24, 2.45) is 0 Å². The maximum absolute atomic E-state index is 4.92. The summed E-state index contributed by atoms with van der Waals surface area (Å²) in [5.74, 6) is 1.07. The van der Waals surface area contributed by atoms with Crippen LogP contribution in [0, 0.1) is 0 Å². The first-order chi connectivity index (χ1) is 24.3. The van der Waals surface area contributed by atoms with Gasteiger partial charge in [-0.15, -0.1) is 0 Å². The molecule has 49 heavy (non-hydrogen) atoms. The second-order valence-corrected chi connectivity index (χ2v) is 12.6. The second kappa shape index (κ2) is 12.1. The van der Waals surface area contributed by atoms with Crippen molar-refractivity contribution in [2.45, 2.75) is 13.3 Å². The Balaban J connectivity index is 1.27. The second-order valence-electron chi connectivity index (χ2n) is 12.6. The smallest absolute Gasteiger partial charge is 0.114 e. The predicted molar refractivity (Wildman–Crippen MR) is 207 cm³/mol. The fourth-order valence-corrected chi connectivity index (χ4v) is 7.50. The van der Waals surface area contributed by atoms with Crippen LogP contribution in [0.25, 0.3) is 82.8 Å². The van der Waals surface area contributed by atoms with E-state index in [0.29, 0.717) is 0 Å². The van der Waals surface area contributed by atoms with Crippen molar-refractivity contribution in [3.63, 3.8) is 0 Å². The zero-order chi connectivity index (χ0) is 32.7. The fourth-order valence-electron chi connectivity index (χ4n) is 7.50. The van der Waals surface area contributed by atoms with Crippen molar-refractivity contribution < 1.29 is 0 Å². The molecule has 0 bridgehead atoms. The van der Waals surface area contributed by atoms with Crippen LogP contribution in [0.1, 0.15) is 12.7 Å². The maximum Gasteiger partial charge on any atom is 0.114 e. The number of hydrogen-bond donors (Lipinski definition) is 0. The zero-order valence-electron chi connectivity index (χ0n) is 27.3. The van der Waals surface area contributed by atoms with Crippen LogP contribution in [0.4, 0.5) is 0 Å². The van der Waals surface area contributed by atoms with Gasteiger partial charge in [-0.3, -0.25) is 4.57 Å². The number of fused-ring (bicyclic) bond motifs is 3. The fraction of sp³-hybridized carbons (Fsp3) is 0.0426. The summed E-state index contributed by atoms with van der Waals surface area (Å²) in [5.41, 5.74) is 13.1. The molecule has 0 aliphatic heterocycles. The van der Waals surface area contributed by atoms with Crippen molar-refractivity contribution in [1.82, 2.24) is 9.55 Å². The molecule has 0 saturated heterocycles.